The quantitative estimate of drug-likeness (QED) is 0.583. The van der Waals surface area contributed by atoms with Gasteiger partial charge in [0.25, 0.3) is 0 Å². The highest BCUT2D eigenvalue weighted by Gasteiger charge is 2.46. The van der Waals surface area contributed by atoms with Crippen molar-refractivity contribution < 1.29 is 4.74 Å². The van der Waals surface area contributed by atoms with Crippen LogP contribution in [-0.4, -0.2) is 5.60 Å². The van der Waals surface area contributed by atoms with Crippen molar-refractivity contribution in [3.63, 3.8) is 0 Å². The van der Waals surface area contributed by atoms with Gasteiger partial charge in [-0.2, -0.15) is 0 Å². The van der Waals surface area contributed by atoms with Crippen LogP contribution >= 0.6 is 0 Å². The smallest absolute Gasteiger partial charge is 0.124 e. The Morgan fingerprint density at radius 1 is 1.17 bits per heavy atom. The minimum Gasteiger partial charge on any atom is -0.487 e. The maximum Gasteiger partial charge on any atom is 0.124 e. The van der Waals surface area contributed by atoms with Crippen LogP contribution in [0.25, 0.3) is 0 Å². The zero-order chi connectivity index (χ0) is 16.6. The summed E-state index contributed by atoms with van der Waals surface area (Å²) in [6, 6.07) is 4.79. The van der Waals surface area contributed by atoms with E-state index >= 15 is 0 Å². The van der Waals surface area contributed by atoms with Crippen LogP contribution in [0.2, 0.25) is 0 Å². The molecule has 3 atom stereocenters. The minimum atomic E-state index is -0.0215. The number of fused-ring (bicyclic) bond motifs is 3. The first-order valence-corrected chi connectivity index (χ1v) is 9.74. The number of benzene rings is 1. The normalized spacial score (nSPS) is 28.7. The lowest BCUT2D eigenvalue weighted by Crippen LogP contribution is -2.47. The first-order valence-electron chi connectivity index (χ1n) is 9.74. The molecule has 1 aliphatic heterocycles. The van der Waals surface area contributed by atoms with Crippen molar-refractivity contribution in [1.82, 2.24) is 0 Å². The van der Waals surface area contributed by atoms with Crippen LogP contribution in [-0.2, 0) is 6.42 Å². The predicted octanol–water partition coefficient (Wildman–Crippen LogP) is 6.42. The van der Waals surface area contributed by atoms with E-state index in [4.69, 9.17) is 4.74 Å². The van der Waals surface area contributed by atoms with Crippen molar-refractivity contribution >= 4 is 0 Å². The van der Waals surface area contributed by atoms with E-state index in [0.29, 0.717) is 11.8 Å². The number of hydrogen-bond donors (Lipinski definition) is 0. The average Bonchev–Trinajstić information content (AvgIpc) is 2.46. The maximum atomic E-state index is 6.55. The van der Waals surface area contributed by atoms with Crippen LogP contribution in [0.3, 0.4) is 0 Å². The fourth-order valence-corrected chi connectivity index (χ4v) is 5.01. The molecule has 128 valence electrons. The summed E-state index contributed by atoms with van der Waals surface area (Å²) in [5, 5.41) is 0. The van der Waals surface area contributed by atoms with Crippen molar-refractivity contribution in [1.29, 1.82) is 0 Å². The number of ether oxygens (including phenoxy) is 1. The van der Waals surface area contributed by atoms with E-state index < -0.39 is 0 Å². The second kappa shape index (κ2) is 6.49. The van der Waals surface area contributed by atoms with Gasteiger partial charge in [0.15, 0.2) is 0 Å². The summed E-state index contributed by atoms with van der Waals surface area (Å²) < 4.78 is 6.55. The van der Waals surface area contributed by atoms with Crippen molar-refractivity contribution in [2.75, 3.05) is 0 Å². The van der Waals surface area contributed by atoms with Gasteiger partial charge >= 0.3 is 0 Å². The number of unbranched alkanes of at least 4 members (excludes halogenated alkanes) is 2. The van der Waals surface area contributed by atoms with E-state index in [1.165, 1.54) is 67.4 Å². The molecule has 23 heavy (non-hydrogen) atoms. The summed E-state index contributed by atoms with van der Waals surface area (Å²) in [4.78, 5) is 0. The number of aryl methyl sites for hydroxylation is 2. The van der Waals surface area contributed by atoms with Crippen LogP contribution in [0.1, 0.15) is 88.8 Å². The summed E-state index contributed by atoms with van der Waals surface area (Å²) >= 11 is 0. The van der Waals surface area contributed by atoms with E-state index in [0.717, 1.165) is 5.92 Å². The highest BCUT2D eigenvalue weighted by molar-refractivity contribution is 5.48. The van der Waals surface area contributed by atoms with Gasteiger partial charge in [0.05, 0.1) is 0 Å². The van der Waals surface area contributed by atoms with Crippen LogP contribution in [0, 0.1) is 18.8 Å². The van der Waals surface area contributed by atoms with Crippen LogP contribution in [0.15, 0.2) is 12.1 Å². The molecule has 2 aliphatic rings. The monoisotopic (exact) mass is 314 g/mol. The SMILES string of the molecule is CCCCCc1cc(C)c2c(c1)OC(C)(C)C1CCC(C)CC21. The van der Waals surface area contributed by atoms with Crippen molar-refractivity contribution in [3.8, 4) is 5.75 Å². The third-order valence-electron chi connectivity index (χ3n) is 6.23. The predicted molar refractivity (Wildman–Crippen MR) is 98.4 cm³/mol. The molecule has 3 rings (SSSR count). The second-order valence-electron chi connectivity index (χ2n) is 8.62. The molecule has 0 N–H and O–H groups in total. The first-order chi connectivity index (χ1) is 10.9. The molecule has 1 heteroatoms. The topological polar surface area (TPSA) is 9.23 Å². The highest BCUT2D eigenvalue weighted by atomic mass is 16.5. The molecular formula is C22H34O. The number of rotatable bonds is 4. The highest BCUT2D eigenvalue weighted by Crippen LogP contribution is 2.53. The summed E-state index contributed by atoms with van der Waals surface area (Å²) in [5.74, 6) is 3.41. The maximum absolute atomic E-state index is 6.55. The molecule has 0 bridgehead atoms. The van der Waals surface area contributed by atoms with E-state index in [1.807, 2.05) is 0 Å². The first kappa shape index (κ1) is 16.9. The fraction of sp³-hybridized carbons (Fsp3) is 0.727. The fourth-order valence-electron chi connectivity index (χ4n) is 5.01. The summed E-state index contributed by atoms with van der Waals surface area (Å²) in [7, 11) is 0. The second-order valence-corrected chi connectivity index (χ2v) is 8.62. The van der Waals surface area contributed by atoms with Gasteiger partial charge in [-0.15, -0.1) is 0 Å². The molecule has 1 aromatic rings. The van der Waals surface area contributed by atoms with Crippen LogP contribution in [0.4, 0.5) is 0 Å². The average molecular weight is 315 g/mol. The van der Waals surface area contributed by atoms with Gasteiger partial charge in [-0.05, 0) is 75.5 Å². The molecule has 0 saturated heterocycles. The lowest BCUT2D eigenvalue weighted by molar-refractivity contribution is -0.0139. The molecular weight excluding hydrogens is 280 g/mol. The molecule has 1 heterocycles. The Kier molecular flexibility index (Phi) is 4.76. The van der Waals surface area contributed by atoms with Crippen molar-refractivity contribution in [3.05, 3.63) is 28.8 Å². The molecule has 0 aromatic heterocycles. The van der Waals surface area contributed by atoms with Crippen LogP contribution < -0.4 is 4.74 Å². The molecule has 1 nitrogen and oxygen atoms in total. The van der Waals surface area contributed by atoms with E-state index in [2.05, 4.69) is 46.8 Å². The Hall–Kier alpha value is -0.980. The van der Waals surface area contributed by atoms with E-state index in [9.17, 15) is 0 Å². The zero-order valence-electron chi connectivity index (χ0n) is 15.7. The third-order valence-corrected chi connectivity index (χ3v) is 6.23. The Morgan fingerprint density at radius 2 is 1.96 bits per heavy atom. The Morgan fingerprint density at radius 3 is 2.70 bits per heavy atom. The molecule has 3 unspecified atom stereocenters. The van der Waals surface area contributed by atoms with Crippen molar-refractivity contribution in [2.45, 2.75) is 91.1 Å². The number of hydrogen-bond acceptors (Lipinski definition) is 1. The zero-order valence-corrected chi connectivity index (χ0v) is 15.7. The molecule has 1 fully saturated rings. The van der Waals surface area contributed by atoms with Gasteiger partial charge in [-0.25, -0.2) is 0 Å². The largest absolute Gasteiger partial charge is 0.487 e. The van der Waals surface area contributed by atoms with Gasteiger partial charge in [0.1, 0.15) is 11.4 Å². The Balaban J connectivity index is 1.94. The van der Waals surface area contributed by atoms with Crippen molar-refractivity contribution in [2.24, 2.45) is 11.8 Å². The third kappa shape index (κ3) is 3.30. The molecule has 0 amide bonds. The van der Waals surface area contributed by atoms with Gasteiger partial charge in [0, 0.05) is 11.5 Å². The molecule has 0 spiro atoms. The van der Waals surface area contributed by atoms with Gasteiger partial charge in [-0.1, -0.05) is 39.2 Å². The molecule has 1 aromatic carbocycles. The lowest BCUT2D eigenvalue weighted by atomic mass is 9.63. The Bertz CT molecular complexity index is 557. The standard InChI is InChI=1S/C22H34O/c1-6-7-8-9-17-13-16(3)21-18-12-15(2)10-11-19(18)22(4,5)23-20(21)14-17/h13-15,18-19H,6-12H2,1-5H3. The van der Waals surface area contributed by atoms with E-state index in [1.54, 1.807) is 0 Å². The molecule has 0 radical (unpaired) electrons. The summed E-state index contributed by atoms with van der Waals surface area (Å²) in [6.45, 7) is 11.6. The summed E-state index contributed by atoms with van der Waals surface area (Å²) in [5.41, 5.74) is 4.44. The van der Waals surface area contributed by atoms with Gasteiger partial charge in [0.2, 0.25) is 0 Å². The summed E-state index contributed by atoms with van der Waals surface area (Å²) in [6.07, 6.45) is 9.10. The molecule has 1 saturated carbocycles. The molecule has 1 aliphatic carbocycles. The van der Waals surface area contributed by atoms with Gasteiger partial charge < -0.3 is 4.74 Å². The van der Waals surface area contributed by atoms with Crippen LogP contribution in [0.5, 0.6) is 5.75 Å². The minimum absolute atomic E-state index is 0.0215. The Labute approximate surface area is 142 Å². The van der Waals surface area contributed by atoms with E-state index in [-0.39, 0.29) is 5.60 Å². The van der Waals surface area contributed by atoms with Gasteiger partial charge in [-0.3, -0.25) is 0 Å². The lowest BCUT2D eigenvalue weighted by Gasteiger charge is -2.49.